The highest BCUT2D eigenvalue weighted by atomic mass is 16.7. The molecule has 2 fully saturated rings. The number of carbonyl (C=O) groups excluding carboxylic acids is 1. The number of fused-ring (bicyclic) bond motifs is 1. The Labute approximate surface area is 129 Å². The molecule has 0 aromatic carbocycles. The van der Waals surface area contributed by atoms with Crippen molar-refractivity contribution in [1.82, 2.24) is 14.7 Å². The molecule has 0 spiro atoms. The third-order valence-corrected chi connectivity index (χ3v) is 4.49. The average Bonchev–Trinajstić information content (AvgIpc) is 3.09. The predicted molar refractivity (Wildman–Crippen MR) is 79.7 cm³/mol. The molecule has 3 heterocycles. The molecule has 1 aromatic heterocycles. The average molecular weight is 309 g/mol. The van der Waals surface area contributed by atoms with Crippen LogP contribution in [-0.2, 0) is 17.7 Å². The number of hydroxylamine groups is 2. The Kier molecular flexibility index (Phi) is 4.10. The number of likely N-dealkylation sites (tertiary alicyclic amines) is 1. The van der Waals surface area contributed by atoms with E-state index in [0.717, 1.165) is 18.7 Å². The van der Waals surface area contributed by atoms with E-state index in [4.69, 9.17) is 9.36 Å². The van der Waals surface area contributed by atoms with E-state index in [1.54, 1.807) is 4.90 Å². The van der Waals surface area contributed by atoms with Gasteiger partial charge >= 0.3 is 11.7 Å². The molecule has 2 unspecified atom stereocenters. The third kappa shape index (κ3) is 2.48. The van der Waals surface area contributed by atoms with Crippen molar-refractivity contribution in [3.8, 4) is 0 Å². The molecule has 0 saturated carbocycles. The maximum Gasteiger partial charge on any atom is 0.361 e. The van der Waals surface area contributed by atoms with Gasteiger partial charge in [-0.1, -0.05) is 20.3 Å². The molecular formula is C15H23N3O4. The first-order valence-corrected chi connectivity index (χ1v) is 7.96. The Morgan fingerprint density at radius 2 is 2.05 bits per heavy atom. The summed E-state index contributed by atoms with van der Waals surface area (Å²) in [4.78, 5) is 32.1. The summed E-state index contributed by atoms with van der Waals surface area (Å²) in [5, 5.41) is 1.82. The van der Waals surface area contributed by atoms with Gasteiger partial charge in [-0.15, -0.1) is 4.74 Å². The standard InChI is InChI=1S/C15H23N3O4/c1-4-6-12-11(5-2)14(19)22-18(12)15(20)17-8-10-7-16(3)21-13(10)9-17/h10,13H,4-9H2,1-3H3. The van der Waals surface area contributed by atoms with E-state index >= 15 is 0 Å². The van der Waals surface area contributed by atoms with E-state index in [0.29, 0.717) is 37.4 Å². The van der Waals surface area contributed by atoms with Crippen LogP contribution in [0.4, 0.5) is 4.79 Å². The van der Waals surface area contributed by atoms with Gasteiger partial charge in [0.05, 0.1) is 17.8 Å². The lowest BCUT2D eigenvalue weighted by atomic mass is 10.1. The van der Waals surface area contributed by atoms with Crippen molar-refractivity contribution < 1.29 is 14.2 Å². The highest BCUT2D eigenvalue weighted by Crippen LogP contribution is 2.28. The van der Waals surface area contributed by atoms with Crippen molar-refractivity contribution in [2.75, 3.05) is 26.7 Å². The second-order valence-electron chi connectivity index (χ2n) is 6.10. The zero-order valence-corrected chi connectivity index (χ0v) is 13.4. The molecule has 2 aliphatic heterocycles. The molecule has 0 radical (unpaired) electrons. The zero-order chi connectivity index (χ0) is 15.9. The molecule has 7 heteroatoms. The smallest absolute Gasteiger partial charge is 0.327 e. The Bertz CT molecular complexity index is 607. The SMILES string of the molecule is CCCc1c(CC)c(=O)on1C(=O)N1CC2CN(C)OC2C1. The zero-order valence-electron chi connectivity index (χ0n) is 13.4. The molecule has 3 rings (SSSR count). The first kappa shape index (κ1) is 15.3. The largest absolute Gasteiger partial charge is 0.361 e. The van der Waals surface area contributed by atoms with Crippen LogP contribution in [-0.4, -0.2) is 53.5 Å². The fourth-order valence-electron chi connectivity index (χ4n) is 3.45. The summed E-state index contributed by atoms with van der Waals surface area (Å²) in [6.07, 6.45) is 2.16. The normalized spacial score (nSPS) is 25.0. The second-order valence-corrected chi connectivity index (χ2v) is 6.10. The summed E-state index contributed by atoms with van der Waals surface area (Å²) < 4.78 is 6.43. The molecule has 22 heavy (non-hydrogen) atoms. The van der Waals surface area contributed by atoms with Gasteiger partial charge < -0.3 is 9.42 Å². The maximum absolute atomic E-state index is 12.7. The van der Waals surface area contributed by atoms with Gasteiger partial charge in [-0.05, 0) is 12.8 Å². The Morgan fingerprint density at radius 1 is 1.27 bits per heavy atom. The van der Waals surface area contributed by atoms with Gasteiger partial charge in [-0.3, -0.25) is 4.84 Å². The van der Waals surface area contributed by atoms with Crippen molar-refractivity contribution in [3.63, 3.8) is 0 Å². The number of rotatable bonds is 3. The fourth-order valence-corrected chi connectivity index (χ4v) is 3.45. The van der Waals surface area contributed by atoms with Gasteiger partial charge in [0.1, 0.15) is 6.10 Å². The Hall–Kier alpha value is -1.60. The minimum atomic E-state index is -0.394. The van der Waals surface area contributed by atoms with E-state index in [2.05, 4.69) is 0 Å². The lowest BCUT2D eigenvalue weighted by Crippen LogP contribution is -2.36. The van der Waals surface area contributed by atoms with Crippen molar-refractivity contribution in [2.24, 2.45) is 5.92 Å². The second kappa shape index (κ2) is 5.89. The van der Waals surface area contributed by atoms with Gasteiger partial charge in [0.25, 0.3) is 0 Å². The topological polar surface area (TPSA) is 67.9 Å². The quantitative estimate of drug-likeness (QED) is 0.836. The summed E-state index contributed by atoms with van der Waals surface area (Å²) >= 11 is 0. The van der Waals surface area contributed by atoms with Crippen molar-refractivity contribution in [1.29, 1.82) is 0 Å². The van der Waals surface area contributed by atoms with E-state index < -0.39 is 5.63 Å². The highest BCUT2D eigenvalue weighted by molar-refractivity contribution is 5.77. The summed E-state index contributed by atoms with van der Waals surface area (Å²) in [7, 11) is 1.91. The first-order chi connectivity index (χ1) is 10.5. The summed E-state index contributed by atoms with van der Waals surface area (Å²) in [6.45, 7) is 5.94. The molecule has 2 saturated heterocycles. The van der Waals surface area contributed by atoms with Crippen molar-refractivity contribution in [3.05, 3.63) is 21.7 Å². The van der Waals surface area contributed by atoms with Gasteiger partial charge in [0.2, 0.25) is 0 Å². The molecule has 122 valence electrons. The molecular weight excluding hydrogens is 286 g/mol. The minimum absolute atomic E-state index is 0.0523. The first-order valence-electron chi connectivity index (χ1n) is 7.96. The number of nitrogens with zero attached hydrogens (tertiary/aromatic N) is 3. The molecule has 0 aliphatic carbocycles. The molecule has 0 N–H and O–H groups in total. The molecule has 1 aromatic rings. The lowest BCUT2D eigenvalue weighted by molar-refractivity contribution is -0.126. The lowest BCUT2D eigenvalue weighted by Gasteiger charge is -2.19. The molecule has 1 amide bonds. The van der Waals surface area contributed by atoms with Gasteiger partial charge in [0, 0.05) is 26.1 Å². The molecule has 2 aliphatic rings. The summed E-state index contributed by atoms with van der Waals surface area (Å²) in [5.74, 6) is 0.330. The maximum atomic E-state index is 12.7. The third-order valence-electron chi connectivity index (χ3n) is 4.49. The minimum Gasteiger partial charge on any atom is -0.327 e. The fraction of sp³-hybridized carbons (Fsp3) is 0.733. The number of amides is 1. The van der Waals surface area contributed by atoms with Crippen LogP contribution in [0.1, 0.15) is 31.5 Å². The van der Waals surface area contributed by atoms with Crippen LogP contribution in [0.25, 0.3) is 0 Å². The van der Waals surface area contributed by atoms with Gasteiger partial charge in [-0.2, -0.15) is 5.06 Å². The van der Waals surface area contributed by atoms with Gasteiger partial charge in [0.15, 0.2) is 0 Å². The van der Waals surface area contributed by atoms with E-state index in [1.165, 1.54) is 4.74 Å². The highest BCUT2D eigenvalue weighted by Gasteiger charge is 2.43. The van der Waals surface area contributed by atoms with Crippen LogP contribution >= 0.6 is 0 Å². The van der Waals surface area contributed by atoms with Crippen LogP contribution in [0.3, 0.4) is 0 Å². The van der Waals surface area contributed by atoms with Crippen LogP contribution in [0.5, 0.6) is 0 Å². The van der Waals surface area contributed by atoms with Crippen LogP contribution in [0, 0.1) is 5.92 Å². The van der Waals surface area contributed by atoms with E-state index in [1.807, 2.05) is 26.0 Å². The van der Waals surface area contributed by atoms with E-state index in [-0.39, 0.29) is 12.1 Å². The monoisotopic (exact) mass is 309 g/mol. The number of hydrogen-bond donors (Lipinski definition) is 0. The van der Waals surface area contributed by atoms with E-state index in [9.17, 15) is 9.59 Å². The number of carbonyl (C=O) groups is 1. The van der Waals surface area contributed by atoms with Crippen LogP contribution in [0.15, 0.2) is 9.32 Å². The van der Waals surface area contributed by atoms with Crippen LogP contribution in [0.2, 0.25) is 0 Å². The summed E-state index contributed by atoms with van der Waals surface area (Å²) in [5.41, 5.74) is 0.940. The summed E-state index contributed by atoms with van der Waals surface area (Å²) in [6, 6.07) is -0.249. The van der Waals surface area contributed by atoms with Crippen molar-refractivity contribution >= 4 is 6.03 Å². The Balaban J connectivity index is 1.83. The predicted octanol–water partition coefficient (Wildman–Crippen LogP) is 1.10. The number of aromatic nitrogens is 1. The molecule has 0 bridgehead atoms. The van der Waals surface area contributed by atoms with Crippen molar-refractivity contribution in [2.45, 2.75) is 39.2 Å². The van der Waals surface area contributed by atoms with Crippen LogP contribution < -0.4 is 5.63 Å². The Morgan fingerprint density at radius 3 is 2.68 bits per heavy atom. The molecule has 2 atom stereocenters. The number of hydrogen-bond acceptors (Lipinski definition) is 5. The van der Waals surface area contributed by atoms with Gasteiger partial charge in [-0.25, -0.2) is 9.59 Å². The molecule has 7 nitrogen and oxygen atoms in total.